The first-order valence-corrected chi connectivity index (χ1v) is 7.14. The third kappa shape index (κ3) is 4.95. The van der Waals surface area contributed by atoms with Gasteiger partial charge in [-0.1, -0.05) is 17.7 Å². The van der Waals surface area contributed by atoms with Crippen molar-refractivity contribution < 1.29 is 9.59 Å². The van der Waals surface area contributed by atoms with Crippen LogP contribution in [0.25, 0.3) is 0 Å². The Kier molecular flexibility index (Phi) is 5.89. The number of carbonyl (C=O) groups is 2. The molecule has 1 atom stereocenters. The van der Waals surface area contributed by atoms with Crippen LogP contribution in [0.5, 0.6) is 0 Å². The molecule has 3 amide bonds. The number of urea groups is 1. The standard InChI is InChI=1S/C14H20N2O2S/c1-5-15-14(18)16-13(17)11(4)19-12-7-6-9(2)8-10(12)3/h6-8,11H,5H2,1-4H3,(H2,15,16,17,18). The average molecular weight is 280 g/mol. The highest BCUT2D eigenvalue weighted by molar-refractivity contribution is 8.00. The van der Waals surface area contributed by atoms with Crippen LogP contribution >= 0.6 is 11.8 Å². The fourth-order valence-corrected chi connectivity index (χ4v) is 2.53. The summed E-state index contributed by atoms with van der Waals surface area (Å²) in [5.74, 6) is -0.282. The number of rotatable bonds is 4. The molecule has 0 aromatic heterocycles. The number of hydrogen-bond acceptors (Lipinski definition) is 3. The first kappa shape index (κ1) is 15.6. The van der Waals surface area contributed by atoms with Crippen LogP contribution < -0.4 is 10.6 Å². The maximum absolute atomic E-state index is 11.8. The summed E-state index contributed by atoms with van der Waals surface area (Å²) >= 11 is 1.46. The van der Waals surface area contributed by atoms with Crippen LogP contribution in [0.4, 0.5) is 4.79 Å². The van der Waals surface area contributed by atoms with E-state index < -0.39 is 6.03 Å². The Morgan fingerprint density at radius 3 is 2.58 bits per heavy atom. The Morgan fingerprint density at radius 1 is 1.32 bits per heavy atom. The van der Waals surface area contributed by atoms with Gasteiger partial charge in [0.25, 0.3) is 0 Å². The van der Waals surface area contributed by atoms with Gasteiger partial charge in [-0.25, -0.2) is 4.79 Å². The number of amides is 3. The van der Waals surface area contributed by atoms with E-state index in [1.54, 1.807) is 13.8 Å². The molecule has 104 valence electrons. The van der Waals surface area contributed by atoms with E-state index in [4.69, 9.17) is 0 Å². The molecule has 1 aromatic carbocycles. The molecule has 1 unspecified atom stereocenters. The average Bonchev–Trinajstić information content (AvgIpc) is 2.32. The van der Waals surface area contributed by atoms with Crippen molar-refractivity contribution in [1.29, 1.82) is 0 Å². The van der Waals surface area contributed by atoms with Crippen molar-refractivity contribution in [2.24, 2.45) is 0 Å². The summed E-state index contributed by atoms with van der Waals surface area (Å²) < 4.78 is 0. The smallest absolute Gasteiger partial charge is 0.321 e. The van der Waals surface area contributed by atoms with E-state index in [0.29, 0.717) is 6.54 Å². The Bertz CT molecular complexity index is 475. The lowest BCUT2D eigenvalue weighted by atomic mass is 10.2. The predicted molar refractivity (Wildman–Crippen MR) is 78.5 cm³/mol. The van der Waals surface area contributed by atoms with Crippen molar-refractivity contribution in [3.05, 3.63) is 29.3 Å². The zero-order valence-electron chi connectivity index (χ0n) is 11.7. The topological polar surface area (TPSA) is 58.2 Å². The van der Waals surface area contributed by atoms with Crippen molar-refractivity contribution in [3.8, 4) is 0 Å². The molecule has 5 heteroatoms. The molecule has 0 fully saturated rings. The van der Waals surface area contributed by atoms with Crippen LogP contribution in [0.3, 0.4) is 0 Å². The normalized spacial score (nSPS) is 11.8. The van der Waals surface area contributed by atoms with Crippen molar-refractivity contribution in [3.63, 3.8) is 0 Å². The monoisotopic (exact) mass is 280 g/mol. The highest BCUT2D eigenvalue weighted by atomic mass is 32.2. The molecule has 1 aromatic rings. The van der Waals surface area contributed by atoms with Crippen LogP contribution in [-0.4, -0.2) is 23.7 Å². The molecule has 0 saturated heterocycles. The maximum Gasteiger partial charge on any atom is 0.321 e. The highest BCUT2D eigenvalue weighted by Crippen LogP contribution is 2.27. The van der Waals surface area contributed by atoms with Gasteiger partial charge in [-0.3, -0.25) is 10.1 Å². The first-order chi connectivity index (χ1) is 8.93. The van der Waals surface area contributed by atoms with Gasteiger partial charge in [0, 0.05) is 11.4 Å². The summed E-state index contributed by atoms with van der Waals surface area (Å²) in [6, 6.07) is 5.66. The van der Waals surface area contributed by atoms with Gasteiger partial charge in [-0.2, -0.15) is 0 Å². The van der Waals surface area contributed by atoms with Crippen molar-refractivity contribution in [2.75, 3.05) is 6.54 Å². The SMILES string of the molecule is CCNC(=O)NC(=O)C(C)Sc1ccc(C)cc1C. The molecule has 4 nitrogen and oxygen atoms in total. The van der Waals surface area contributed by atoms with Gasteiger partial charge in [0.05, 0.1) is 5.25 Å². The molecule has 0 heterocycles. The lowest BCUT2D eigenvalue weighted by Gasteiger charge is -2.13. The van der Waals surface area contributed by atoms with E-state index in [9.17, 15) is 9.59 Å². The van der Waals surface area contributed by atoms with E-state index in [1.165, 1.54) is 17.3 Å². The zero-order valence-corrected chi connectivity index (χ0v) is 12.6. The maximum atomic E-state index is 11.8. The number of nitrogens with one attached hydrogen (secondary N) is 2. The lowest BCUT2D eigenvalue weighted by molar-refractivity contribution is -0.119. The van der Waals surface area contributed by atoms with E-state index >= 15 is 0 Å². The van der Waals surface area contributed by atoms with Crippen LogP contribution in [0.1, 0.15) is 25.0 Å². The molecule has 0 spiro atoms. The summed E-state index contributed by atoms with van der Waals surface area (Å²) in [5.41, 5.74) is 2.34. The van der Waals surface area contributed by atoms with Gasteiger partial charge in [-0.15, -0.1) is 11.8 Å². The van der Waals surface area contributed by atoms with Crippen LogP contribution in [0, 0.1) is 13.8 Å². The van der Waals surface area contributed by atoms with Crippen LogP contribution in [0.15, 0.2) is 23.1 Å². The molecule has 2 N–H and O–H groups in total. The number of hydrogen-bond donors (Lipinski definition) is 2. The van der Waals surface area contributed by atoms with Gasteiger partial charge in [0.2, 0.25) is 5.91 Å². The minimum Gasteiger partial charge on any atom is -0.338 e. The van der Waals surface area contributed by atoms with E-state index in [2.05, 4.69) is 16.7 Å². The molecule has 19 heavy (non-hydrogen) atoms. The van der Waals surface area contributed by atoms with Gasteiger partial charge >= 0.3 is 6.03 Å². The Labute approximate surface area is 118 Å². The van der Waals surface area contributed by atoms with Crippen LogP contribution in [0.2, 0.25) is 0 Å². The predicted octanol–water partition coefficient (Wildman–Crippen LogP) is 2.63. The molecular weight excluding hydrogens is 260 g/mol. The molecule has 0 bridgehead atoms. The number of benzene rings is 1. The Hall–Kier alpha value is -1.49. The summed E-state index contributed by atoms with van der Waals surface area (Å²) in [5, 5.41) is 4.54. The molecule has 0 aliphatic carbocycles. The second-order valence-electron chi connectivity index (χ2n) is 4.38. The van der Waals surface area contributed by atoms with Gasteiger partial charge in [-0.05, 0) is 39.3 Å². The number of aryl methyl sites for hydroxylation is 2. The van der Waals surface area contributed by atoms with Gasteiger partial charge in [0.15, 0.2) is 0 Å². The van der Waals surface area contributed by atoms with Crippen molar-refractivity contribution in [2.45, 2.75) is 37.8 Å². The fraction of sp³-hybridized carbons (Fsp3) is 0.429. The summed E-state index contributed by atoms with van der Waals surface area (Å²) in [6.07, 6.45) is 0. The molecule has 0 aliphatic rings. The first-order valence-electron chi connectivity index (χ1n) is 6.26. The summed E-state index contributed by atoms with van der Waals surface area (Å²) in [4.78, 5) is 24.1. The lowest BCUT2D eigenvalue weighted by Crippen LogP contribution is -2.42. The zero-order chi connectivity index (χ0) is 14.4. The minimum atomic E-state index is -0.444. The third-order valence-electron chi connectivity index (χ3n) is 2.58. The summed E-state index contributed by atoms with van der Waals surface area (Å²) in [6.45, 7) is 8.14. The Balaban J connectivity index is 2.61. The summed E-state index contributed by atoms with van der Waals surface area (Å²) in [7, 11) is 0. The molecule has 0 radical (unpaired) electrons. The molecule has 0 aliphatic heterocycles. The van der Waals surface area contributed by atoms with Crippen molar-refractivity contribution >= 4 is 23.7 Å². The van der Waals surface area contributed by atoms with Gasteiger partial charge < -0.3 is 5.32 Å². The van der Waals surface area contributed by atoms with Crippen LogP contribution in [-0.2, 0) is 4.79 Å². The minimum absolute atomic E-state index is 0.282. The second-order valence-corrected chi connectivity index (χ2v) is 5.76. The second kappa shape index (κ2) is 7.19. The highest BCUT2D eigenvalue weighted by Gasteiger charge is 2.17. The quantitative estimate of drug-likeness (QED) is 0.834. The number of thioether (sulfide) groups is 1. The number of carbonyl (C=O) groups excluding carboxylic acids is 2. The third-order valence-corrected chi connectivity index (χ3v) is 3.86. The van der Waals surface area contributed by atoms with E-state index in [1.807, 2.05) is 26.0 Å². The fourth-order valence-electron chi connectivity index (χ4n) is 1.59. The molecule has 0 saturated carbocycles. The molecule has 1 rings (SSSR count). The van der Waals surface area contributed by atoms with Crippen molar-refractivity contribution in [1.82, 2.24) is 10.6 Å². The van der Waals surface area contributed by atoms with Gasteiger partial charge in [0.1, 0.15) is 0 Å². The van der Waals surface area contributed by atoms with E-state index in [-0.39, 0.29) is 11.2 Å². The van der Waals surface area contributed by atoms with E-state index in [0.717, 1.165) is 10.5 Å². The largest absolute Gasteiger partial charge is 0.338 e. The number of imide groups is 1. The molecular formula is C14H20N2O2S. The Morgan fingerprint density at radius 2 is 2.00 bits per heavy atom.